The molecule has 6 nitrogen and oxygen atoms in total. The van der Waals surface area contributed by atoms with Crippen molar-refractivity contribution < 1.29 is 23.9 Å². The third kappa shape index (κ3) is 5.53. The summed E-state index contributed by atoms with van der Waals surface area (Å²) >= 11 is 0. The molecular weight excluding hydrogens is 310 g/mol. The topological polar surface area (TPSA) is 81.7 Å². The quantitative estimate of drug-likeness (QED) is 0.610. The summed E-state index contributed by atoms with van der Waals surface area (Å²) in [6, 6.07) is 6.69. The van der Waals surface area contributed by atoms with E-state index in [1.165, 1.54) is 13.2 Å². The lowest BCUT2D eigenvalue weighted by Crippen LogP contribution is -2.36. The van der Waals surface area contributed by atoms with Gasteiger partial charge in [0.15, 0.2) is 6.61 Å². The zero-order valence-corrected chi connectivity index (χ0v) is 13.8. The van der Waals surface area contributed by atoms with Gasteiger partial charge in [0.1, 0.15) is 0 Å². The molecular formula is C18H21NO5. The van der Waals surface area contributed by atoms with Crippen LogP contribution in [0, 0.1) is 5.92 Å². The fourth-order valence-corrected chi connectivity index (χ4v) is 2.21. The van der Waals surface area contributed by atoms with Gasteiger partial charge in [0.25, 0.3) is 5.91 Å². The maximum Gasteiger partial charge on any atom is 0.337 e. The first kappa shape index (κ1) is 17.7. The molecule has 1 saturated carbocycles. The first-order valence-electron chi connectivity index (χ1n) is 7.82. The highest BCUT2D eigenvalue weighted by Crippen LogP contribution is 2.32. The largest absolute Gasteiger partial charge is 0.465 e. The lowest BCUT2D eigenvalue weighted by Gasteiger charge is -2.12. The summed E-state index contributed by atoms with van der Waals surface area (Å²) in [5, 5.41) is 2.81. The summed E-state index contributed by atoms with van der Waals surface area (Å²) in [7, 11) is 1.31. The van der Waals surface area contributed by atoms with Crippen LogP contribution in [-0.4, -0.2) is 37.6 Å². The van der Waals surface area contributed by atoms with Gasteiger partial charge in [-0.05, 0) is 49.5 Å². The van der Waals surface area contributed by atoms with Crippen molar-refractivity contribution in [1.29, 1.82) is 0 Å². The number of amides is 1. The number of benzene rings is 1. The monoisotopic (exact) mass is 331 g/mol. The van der Waals surface area contributed by atoms with Crippen LogP contribution in [-0.2, 0) is 19.1 Å². The zero-order chi connectivity index (χ0) is 17.5. The van der Waals surface area contributed by atoms with Crippen LogP contribution < -0.4 is 5.32 Å². The van der Waals surface area contributed by atoms with Crippen LogP contribution >= 0.6 is 0 Å². The van der Waals surface area contributed by atoms with Crippen LogP contribution in [0.1, 0.15) is 35.7 Å². The molecule has 0 aliphatic heterocycles. The van der Waals surface area contributed by atoms with Crippen LogP contribution in [0.4, 0.5) is 0 Å². The van der Waals surface area contributed by atoms with E-state index in [1.54, 1.807) is 30.3 Å². The van der Waals surface area contributed by atoms with Gasteiger partial charge in [0.05, 0.1) is 12.7 Å². The summed E-state index contributed by atoms with van der Waals surface area (Å²) in [5.74, 6) is -0.756. The Hall–Kier alpha value is -2.63. The van der Waals surface area contributed by atoms with E-state index in [0.29, 0.717) is 11.5 Å². The molecule has 0 bridgehead atoms. The fourth-order valence-electron chi connectivity index (χ4n) is 2.21. The second kappa shape index (κ2) is 8.29. The number of carbonyl (C=O) groups excluding carboxylic acids is 3. The van der Waals surface area contributed by atoms with Crippen molar-refractivity contribution in [3.05, 3.63) is 41.5 Å². The van der Waals surface area contributed by atoms with Crippen LogP contribution in [0.2, 0.25) is 0 Å². The Morgan fingerprint density at radius 1 is 1.25 bits per heavy atom. The van der Waals surface area contributed by atoms with Crippen LogP contribution in [0.5, 0.6) is 0 Å². The molecule has 1 aliphatic rings. The van der Waals surface area contributed by atoms with Crippen molar-refractivity contribution in [2.45, 2.75) is 25.8 Å². The van der Waals surface area contributed by atoms with Gasteiger partial charge in [-0.25, -0.2) is 9.59 Å². The molecule has 2 rings (SSSR count). The van der Waals surface area contributed by atoms with Gasteiger partial charge in [-0.3, -0.25) is 4.79 Å². The molecule has 1 aliphatic carbocycles. The zero-order valence-electron chi connectivity index (χ0n) is 13.8. The average Bonchev–Trinajstić information content (AvgIpc) is 3.43. The minimum absolute atomic E-state index is 0.125. The minimum atomic E-state index is -0.596. The first-order chi connectivity index (χ1) is 11.5. The van der Waals surface area contributed by atoms with Crippen molar-refractivity contribution in [3.8, 4) is 0 Å². The average molecular weight is 331 g/mol. The predicted octanol–water partition coefficient (Wildman–Crippen LogP) is 1.94. The predicted molar refractivity (Wildman–Crippen MR) is 88.1 cm³/mol. The number of rotatable bonds is 7. The highest BCUT2D eigenvalue weighted by atomic mass is 16.5. The van der Waals surface area contributed by atoms with E-state index in [1.807, 2.05) is 6.92 Å². The second-order valence-electron chi connectivity index (χ2n) is 5.75. The van der Waals surface area contributed by atoms with Gasteiger partial charge < -0.3 is 14.8 Å². The smallest absolute Gasteiger partial charge is 0.337 e. The Morgan fingerprint density at radius 2 is 1.92 bits per heavy atom. The van der Waals surface area contributed by atoms with Gasteiger partial charge >= 0.3 is 11.9 Å². The molecule has 1 amide bonds. The lowest BCUT2D eigenvalue weighted by molar-refractivity contribution is -0.144. The number of nitrogens with one attached hydrogen (secondary N) is 1. The van der Waals surface area contributed by atoms with Crippen molar-refractivity contribution in [3.63, 3.8) is 0 Å². The molecule has 1 N–H and O–H groups in total. The molecule has 0 spiro atoms. The normalized spacial score (nSPS) is 14.9. The molecule has 0 unspecified atom stereocenters. The molecule has 128 valence electrons. The van der Waals surface area contributed by atoms with E-state index in [-0.39, 0.29) is 18.6 Å². The minimum Gasteiger partial charge on any atom is -0.465 e. The number of esters is 2. The lowest BCUT2D eigenvalue weighted by atomic mass is 10.1. The first-order valence-corrected chi connectivity index (χ1v) is 7.82. The van der Waals surface area contributed by atoms with Gasteiger partial charge in [-0.1, -0.05) is 12.1 Å². The summed E-state index contributed by atoms with van der Waals surface area (Å²) in [4.78, 5) is 34.6. The van der Waals surface area contributed by atoms with E-state index in [4.69, 9.17) is 4.74 Å². The van der Waals surface area contributed by atoms with Crippen molar-refractivity contribution >= 4 is 23.9 Å². The van der Waals surface area contributed by atoms with Gasteiger partial charge in [-0.2, -0.15) is 0 Å². The van der Waals surface area contributed by atoms with Crippen molar-refractivity contribution in [2.24, 2.45) is 5.92 Å². The summed E-state index contributed by atoms with van der Waals surface area (Å²) < 4.78 is 9.50. The highest BCUT2D eigenvalue weighted by Gasteiger charge is 2.28. The molecule has 6 heteroatoms. The van der Waals surface area contributed by atoms with Gasteiger partial charge in [0.2, 0.25) is 0 Å². The van der Waals surface area contributed by atoms with E-state index in [9.17, 15) is 14.4 Å². The molecule has 1 aromatic carbocycles. The number of carbonyl (C=O) groups is 3. The number of hydrogen-bond acceptors (Lipinski definition) is 5. The molecule has 1 atom stereocenters. The maximum atomic E-state index is 11.6. The van der Waals surface area contributed by atoms with E-state index in [2.05, 4.69) is 10.1 Å². The molecule has 1 fully saturated rings. The summed E-state index contributed by atoms with van der Waals surface area (Å²) in [5.41, 5.74) is 1.16. The summed E-state index contributed by atoms with van der Waals surface area (Å²) in [6.45, 7) is 1.66. The Bertz CT molecular complexity index is 631. The molecule has 0 radical (unpaired) electrons. The molecule has 1 aromatic rings. The second-order valence-corrected chi connectivity index (χ2v) is 5.75. The van der Waals surface area contributed by atoms with E-state index >= 15 is 0 Å². The van der Waals surface area contributed by atoms with Crippen molar-refractivity contribution in [1.82, 2.24) is 5.32 Å². The third-order valence-corrected chi connectivity index (χ3v) is 3.81. The van der Waals surface area contributed by atoms with Gasteiger partial charge in [0, 0.05) is 12.1 Å². The number of ether oxygens (including phenoxy) is 2. The third-order valence-electron chi connectivity index (χ3n) is 3.81. The van der Waals surface area contributed by atoms with Gasteiger partial charge in [-0.15, -0.1) is 0 Å². The van der Waals surface area contributed by atoms with Crippen molar-refractivity contribution in [2.75, 3.05) is 13.7 Å². The standard InChI is InChI=1S/C18H21NO5/c1-12(14-8-9-14)19-16(20)11-24-17(21)10-5-13-3-6-15(7-4-13)18(22)23-2/h3-7,10,12,14H,8-9,11H2,1-2H3,(H,19,20)/b10-5+/t12-/m0/s1. The van der Waals surface area contributed by atoms with E-state index < -0.39 is 11.9 Å². The molecule has 0 heterocycles. The number of hydrogen-bond donors (Lipinski definition) is 1. The molecule has 24 heavy (non-hydrogen) atoms. The van der Waals surface area contributed by atoms with Crippen LogP contribution in [0.25, 0.3) is 6.08 Å². The number of methoxy groups -OCH3 is 1. The SMILES string of the molecule is COC(=O)c1ccc(/C=C/C(=O)OCC(=O)N[C@@H](C)C2CC2)cc1. The fraction of sp³-hybridized carbons (Fsp3) is 0.389. The summed E-state index contributed by atoms with van der Waals surface area (Å²) in [6.07, 6.45) is 5.07. The Balaban J connectivity index is 1.75. The Labute approximate surface area is 140 Å². The Kier molecular flexibility index (Phi) is 6.12. The molecule has 0 aromatic heterocycles. The molecule has 0 saturated heterocycles. The highest BCUT2D eigenvalue weighted by molar-refractivity contribution is 5.91. The maximum absolute atomic E-state index is 11.6. The Morgan fingerprint density at radius 3 is 2.50 bits per heavy atom. The van der Waals surface area contributed by atoms with Crippen LogP contribution in [0.15, 0.2) is 30.3 Å². The van der Waals surface area contributed by atoms with Crippen LogP contribution in [0.3, 0.4) is 0 Å². The van der Waals surface area contributed by atoms with E-state index in [0.717, 1.165) is 18.4 Å².